The zero-order valence-electron chi connectivity index (χ0n) is 50.6. The maximum absolute atomic E-state index is 14.0. The number of aliphatic hydroxyl groups excluding tert-OH is 4. The van der Waals surface area contributed by atoms with Crippen LogP contribution in [-0.2, 0) is 83.1 Å². The molecule has 37 heteroatoms. The van der Waals surface area contributed by atoms with Crippen LogP contribution in [0, 0.1) is 5.92 Å². The minimum atomic E-state index is -2.05. The Kier molecular flexibility index (Phi) is 32.6. The van der Waals surface area contributed by atoms with E-state index in [0.29, 0.717) is 12.0 Å². The third-order valence-electron chi connectivity index (χ3n) is 13.9. The molecule has 0 saturated carbocycles. The molecule has 2 rings (SSSR count). The smallest absolute Gasteiger partial charge is 0.326 e. The summed E-state index contributed by atoms with van der Waals surface area (Å²) in [7, 11) is 0. The van der Waals surface area contributed by atoms with Crippen LogP contribution in [-0.4, -0.2) is 242 Å². The molecule has 0 unspecified atom stereocenters. The lowest BCUT2D eigenvalue weighted by Gasteiger charge is -2.27. The van der Waals surface area contributed by atoms with Crippen LogP contribution in [0.1, 0.15) is 85.1 Å². The van der Waals surface area contributed by atoms with Crippen molar-refractivity contribution in [1.82, 2.24) is 63.4 Å². The van der Waals surface area contributed by atoms with Crippen molar-refractivity contribution in [2.45, 2.75) is 165 Å². The van der Waals surface area contributed by atoms with Gasteiger partial charge >= 0.3 is 11.9 Å². The van der Waals surface area contributed by atoms with Gasteiger partial charge in [-0.05, 0) is 57.9 Å². The van der Waals surface area contributed by atoms with Gasteiger partial charge in [0.2, 0.25) is 82.7 Å². The number of nitrogens with two attached hydrogens (primary N) is 3. The van der Waals surface area contributed by atoms with Crippen LogP contribution in [0.5, 0.6) is 0 Å². The van der Waals surface area contributed by atoms with Crippen LogP contribution in [0.4, 0.5) is 0 Å². The largest absolute Gasteiger partial charge is 0.481 e. The molecule has 1 heterocycles. The van der Waals surface area contributed by atoms with Crippen molar-refractivity contribution in [2.24, 2.45) is 23.1 Å². The number of hydrogen-bond acceptors (Lipinski definition) is 21. The minimum Gasteiger partial charge on any atom is -0.481 e. The van der Waals surface area contributed by atoms with Gasteiger partial charge in [-0.25, -0.2) is 4.79 Å². The highest BCUT2D eigenvalue weighted by atomic mass is 16.4. The van der Waals surface area contributed by atoms with Crippen molar-refractivity contribution in [2.75, 3.05) is 33.0 Å². The summed E-state index contributed by atoms with van der Waals surface area (Å²) in [5.41, 5.74) is 16.8. The van der Waals surface area contributed by atoms with Crippen LogP contribution < -0.4 is 75.7 Å². The van der Waals surface area contributed by atoms with E-state index in [1.165, 1.54) is 12.1 Å². The molecule has 1 aromatic carbocycles. The summed E-state index contributed by atoms with van der Waals surface area (Å²) < 4.78 is 0. The van der Waals surface area contributed by atoms with Crippen LogP contribution >= 0.6 is 0 Å². The molecule has 1 aliphatic rings. The van der Waals surface area contributed by atoms with E-state index in [0.717, 1.165) is 25.7 Å². The normalized spacial score (nSPS) is 16.6. The molecule has 0 aliphatic carbocycles. The number of carboxylic acid groups (broad SMARTS) is 2. The fourth-order valence-electron chi connectivity index (χ4n) is 8.50. The van der Waals surface area contributed by atoms with Crippen LogP contribution in [0.15, 0.2) is 30.3 Å². The SMILES string of the molecule is CC(C)[C@H](N)C(=O)N[C@@H](CO)C(=O)N[C@@H](CO)C(=O)N[C@@H](CCC(N)=O)C(=O)N[C@@H](Cc1ccccc1)C(=O)N[C@@H](CO)C(=O)N[C@@H](CC(=O)O)C(=O)N[C@@H](C)C(=O)N[C@@H](C)C(=O)N[C@@H](CCC(N)=O)C(=O)N[C@@H](C)C(=O)N[C@@H](CO)C(=O)N1CCC[C@H]1C(=O)O. The molecule has 0 radical (unpaired) electrons. The van der Waals surface area contributed by atoms with E-state index in [2.05, 4.69) is 58.5 Å². The van der Waals surface area contributed by atoms with Crippen LogP contribution in [0.3, 0.4) is 0 Å². The highest BCUT2D eigenvalue weighted by molar-refractivity contribution is 6.00. The van der Waals surface area contributed by atoms with E-state index >= 15 is 0 Å². The van der Waals surface area contributed by atoms with Crippen molar-refractivity contribution in [3.8, 4) is 0 Å². The fraction of sp³-hybridized carbons (Fsp3) is 0.593. The van der Waals surface area contributed by atoms with E-state index in [4.69, 9.17) is 17.2 Å². The van der Waals surface area contributed by atoms with Gasteiger partial charge in [0.1, 0.15) is 72.5 Å². The molecule has 14 amide bonds. The number of carbonyl (C=O) groups excluding carboxylic acids is 14. The number of nitrogens with one attached hydrogen (secondary N) is 11. The zero-order chi connectivity index (χ0) is 69.0. The number of aliphatic carboxylic acids is 2. The number of amides is 14. The van der Waals surface area contributed by atoms with Gasteiger partial charge in [-0.3, -0.25) is 71.9 Å². The Morgan fingerprint density at radius 3 is 1.22 bits per heavy atom. The molecule has 1 aromatic rings. The second-order valence-electron chi connectivity index (χ2n) is 21.5. The highest BCUT2D eigenvalue weighted by Crippen LogP contribution is 2.19. The molecule has 506 valence electrons. The first kappa shape index (κ1) is 77.6. The van der Waals surface area contributed by atoms with Gasteiger partial charge in [0, 0.05) is 25.8 Å². The molecule has 1 fully saturated rings. The monoisotopic (exact) mass is 1290 g/mol. The molecule has 91 heavy (non-hydrogen) atoms. The van der Waals surface area contributed by atoms with Crippen molar-refractivity contribution >= 4 is 94.6 Å². The maximum Gasteiger partial charge on any atom is 0.326 e. The Bertz CT molecular complexity index is 2790. The maximum atomic E-state index is 14.0. The number of hydrogen-bond donors (Lipinski definition) is 20. The third kappa shape index (κ3) is 25.9. The lowest BCUT2D eigenvalue weighted by atomic mass is 10.0. The Labute approximate surface area is 520 Å². The molecule has 37 nitrogen and oxygen atoms in total. The molecule has 13 atom stereocenters. The van der Waals surface area contributed by atoms with Crippen LogP contribution in [0.2, 0.25) is 0 Å². The topological polar surface area (TPSA) is 608 Å². The van der Waals surface area contributed by atoms with Crippen LogP contribution in [0.25, 0.3) is 0 Å². The summed E-state index contributed by atoms with van der Waals surface area (Å²) >= 11 is 0. The van der Waals surface area contributed by atoms with Gasteiger partial charge in [0.25, 0.3) is 0 Å². The van der Waals surface area contributed by atoms with Gasteiger partial charge < -0.3 is 111 Å². The Morgan fingerprint density at radius 1 is 0.462 bits per heavy atom. The summed E-state index contributed by atoms with van der Waals surface area (Å²) in [6.07, 6.45) is -3.10. The zero-order valence-corrected chi connectivity index (χ0v) is 50.6. The van der Waals surface area contributed by atoms with Crippen molar-refractivity contribution in [3.05, 3.63) is 35.9 Å². The Balaban J connectivity index is 2.24. The van der Waals surface area contributed by atoms with Crippen molar-refractivity contribution < 1.29 is 107 Å². The standard InChI is InChI=1S/C54H83N15O22/c1-24(2)41(57)52(88)67-35(22-72)51(87)66-33(20-70)49(85)62-30(14-16-39(56)75)46(82)63-31(18-28-10-7-6-8-11-28)48(84)65-34(21-71)50(86)64-32(19-40(76)77)47(83)60-25(3)42(78)58-26(4)43(79)61-29(13-15-38(55)74)45(81)59-27(5)44(80)68-36(23-73)53(89)69-17-9-12-37(69)54(90)91/h6-8,10-11,24-27,29-37,41,70-73H,9,12-23,57H2,1-5H3,(H2,55,74)(H2,56,75)(H,58,78)(H,59,81)(H,60,83)(H,61,79)(H,62,85)(H,63,82)(H,64,86)(H,65,84)(H,66,87)(H,67,88)(H,68,80)(H,76,77)(H,90,91)/t25-,26-,27-,29-,30-,31-,32-,33-,34-,35-,36-,37-,41-/m0/s1. The summed E-state index contributed by atoms with van der Waals surface area (Å²) in [4.78, 5) is 209. The highest BCUT2D eigenvalue weighted by Gasteiger charge is 2.40. The number of carboxylic acids is 2. The minimum absolute atomic E-state index is 0.0409. The third-order valence-corrected chi connectivity index (χ3v) is 13.9. The molecule has 0 aromatic heterocycles. The van der Waals surface area contributed by atoms with Gasteiger partial charge in [-0.1, -0.05) is 44.2 Å². The Morgan fingerprint density at radius 2 is 0.802 bits per heavy atom. The molecule has 0 spiro atoms. The number of aliphatic hydroxyl groups is 4. The predicted molar refractivity (Wildman–Crippen MR) is 311 cm³/mol. The van der Waals surface area contributed by atoms with Gasteiger partial charge in [-0.2, -0.15) is 0 Å². The lowest BCUT2D eigenvalue weighted by molar-refractivity contribution is -0.150. The van der Waals surface area contributed by atoms with Gasteiger partial charge in [0.15, 0.2) is 0 Å². The quantitative estimate of drug-likeness (QED) is 0.0291. The molecule has 1 aliphatic heterocycles. The molecule has 23 N–H and O–H groups in total. The number of likely N-dealkylation sites (tertiary alicyclic amines) is 1. The number of carbonyl (C=O) groups is 16. The average Bonchev–Trinajstić information content (AvgIpc) is 2.40. The molecule has 1 saturated heterocycles. The number of rotatable bonds is 39. The number of nitrogens with zero attached hydrogens (tertiary/aromatic N) is 1. The lowest BCUT2D eigenvalue weighted by Crippen LogP contribution is -2.61. The second kappa shape index (κ2) is 38.2. The average molecular weight is 1290 g/mol. The predicted octanol–water partition coefficient (Wildman–Crippen LogP) is -10.3. The van der Waals surface area contributed by atoms with Crippen molar-refractivity contribution in [3.63, 3.8) is 0 Å². The van der Waals surface area contributed by atoms with Gasteiger partial charge in [-0.15, -0.1) is 0 Å². The van der Waals surface area contributed by atoms with E-state index in [9.17, 15) is 107 Å². The molecule has 0 bridgehead atoms. The molecular weight excluding hydrogens is 1210 g/mol. The summed E-state index contributed by atoms with van der Waals surface area (Å²) in [5.74, 6) is -18.7. The first-order valence-corrected chi connectivity index (χ1v) is 28.6. The van der Waals surface area contributed by atoms with Crippen molar-refractivity contribution in [1.29, 1.82) is 0 Å². The fourth-order valence-corrected chi connectivity index (χ4v) is 8.50. The van der Waals surface area contributed by atoms with E-state index in [1.807, 2.05) is 0 Å². The first-order valence-electron chi connectivity index (χ1n) is 28.6. The van der Waals surface area contributed by atoms with Gasteiger partial charge in [0.05, 0.1) is 38.9 Å². The number of primary amides is 2. The van der Waals surface area contributed by atoms with E-state index in [-0.39, 0.29) is 25.3 Å². The first-order chi connectivity index (χ1) is 42.7. The summed E-state index contributed by atoms with van der Waals surface area (Å²) in [6.45, 7) is 2.37. The summed E-state index contributed by atoms with van der Waals surface area (Å²) in [6, 6.07) is -13.4. The van der Waals surface area contributed by atoms with E-state index in [1.54, 1.807) is 32.0 Å². The summed E-state index contributed by atoms with van der Waals surface area (Å²) in [5, 5.41) is 83.6. The second-order valence-corrected chi connectivity index (χ2v) is 21.5. The Hall–Kier alpha value is -9.46. The van der Waals surface area contributed by atoms with E-state index < -0.39 is 232 Å². The molecular formula is C54H83N15O22. The number of benzene rings is 1.